The quantitative estimate of drug-likeness (QED) is 0.438. The summed E-state index contributed by atoms with van der Waals surface area (Å²) in [5, 5.41) is 2.05. The van der Waals surface area contributed by atoms with Crippen molar-refractivity contribution in [3.63, 3.8) is 0 Å². The van der Waals surface area contributed by atoms with E-state index in [2.05, 4.69) is 11.4 Å². The van der Waals surface area contributed by atoms with Crippen molar-refractivity contribution in [1.82, 2.24) is 9.80 Å². The molecular formula is C27H29FN2O3S. The van der Waals surface area contributed by atoms with Gasteiger partial charge in [0.1, 0.15) is 24.7 Å². The molecule has 2 amide bonds. The number of ether oxygens (including phenoxy) is 1. The van der Waals surface area contributed by atoms with Gasteiger partial charge in [0.05, 0.1) is 6.04 Å². The molecule has 0 unspecified atom stereocenters. The van der Waals surface area contributed by atoms with Crippen LogP contribution in [0.5, 0.6) is 5.75 Å². The highest BCUT2D eigenvalue weighted by molar-refractivity contribution is 7.10. The van der Waals surface area contributed by atoms with Crippen LogP contribution in [0.15, 0.2) is 66.0 Å². The predicted molar refractivity (Wildman–Crippen MR) is 132 cm³/mol. The molecule has 0 saturated heterocycles. The maximum atomic E-state index is 13.6. The fraction of sp³-hybridized carbons (Fsp3) is 0.333. The minimum atomic E-state index is -0.399. The summed E-state index contributed by atoms with van der Waals surface area (Å²) in [6, 6.07) is 16.7. The van der Waals surface area contributed by atoms with Gasteiger partial charge in [0.15, 0.2) is 0 Å². The summed E-state index contributed by atoms with van der Waals surface area (Å²) in [6.07, 6.45) is 1.49. The van der Waals surface area contributed by atoms with Gasteiger partial charge in [0, 0.05) is 23.0 Å². The van der Waals surface area contributed by atoms with Crippen molar-refractivity contribution in [2.24, 2.45) is 0 Å². The van der Waals surface area contributed by atoms with Crippen LogP contribution in [0.2, 0.25) is 0 Å². The minimum Gasteiger partial charge on any atom is -0.491 e. The maximum Gasteiger partial charge on any atom is 0.254 e. The summed E-state index contributed by atoms with van der Waals surface area (Å²) in [7, 11) is 0. The first-order valence-electron chi connectivity index (χ1n) is 11.6. The van der Waals surface area contributed by atoms with Crippen LogP contribution in [-0.4, -0.2) is 47.4 Å². The lowest BCUT2D eigenvalue weighted by Crippen LogP contribution is -2.49. The Morgan fingerprint density at radius 1 is 1.15 bits per heavy atom. The number of para-hydroxylation sites is 1. The number of halogens is 1. The first-order valence-corrected chi connectivity index (χ1v) is 12.5. The standard InChI is InChI=1S/C27H29FN2O3S/c1-3-19(2)30(27(32)20-9-11-21(28)12-10-20)17-26(31)29-15-13-25-23(14-16-34-25)24(29)18-33-22-7-5-4-6-8-22/h4-12,14,16,19,24H,3,13,15,17-18H2,1-2H3/t19-,24-/m0/s1. The number of hydrogen-bond acceptors (Lipinski definition) is 4. The molecule has 1 aliphatic heterocycles. The Morgan fingerprint density at radius 3 is 2.59 bits per heavy atom. The highest BCUT2D eigenvalue weighted by Crippen LogP contribution is 2.34. The van der Waals surface area contributed by atoms with Gasteiger partial charge in [0.25, 0.3) is 5.91 Å². The Morgan fingerprint density at radius 2 is 1.88 bits per heavy atom. The molecule has 4 rings (SSSR count). The highest BCUT2D eigenvalue weighted by Gasteiger charge is 2.34. The summed E-state index contributed by atoms with van der Waals surface area (Å²) < 4.78 is 19.4. The second kappa shape index (κ2) is 10.8. The molecule has 0 bridgehead atoms. The molecule has 0 aliphatic carbocycles. The largest absolute Gasteiger partial charge is 0.491 e. The van der Waals surface area contributed by atoms with Crippen LogP contribution in [0.1, 0.15) is 47.1 Å². The Hall–Kier alpha value is -3.19. The first kappa shape index (κ1) is 24.0. The van der Waals surface area contributed by atoms with Gasteiger partial charge in [-0.15, -0.1) is 11.3 Å². The number of amides is 2. The van der Waals surface area contributed by atoms with Crippen molar-refractivity contribution in [3.8, 4) is 5.75 Å². The number of benzene rings is 2. The third-order valence-corrected chi connectivity index (χ3v) is 7.34. The van der Waals surface area contributed by atoms with E-state index >= 15 is 0 Å². The molecule has 0 N–H and O–H groups in total. The van der Waals surface area contributed by atoms with Crippen LogP contribution in [0, 0.1) is 5.82 Å². The summed E-state index contributed by atoms with van der Waals surface area (Å²) in [5.41, 5.74) is 1.48. The van der Waals surface area contributed by atoms with Crippen LogP contribution >= 0.6 is 11.3 Å². The van der Waals surface area contributed by atoms with Crippen molar-refractivity contribution in [1.29, 1.82) is 0 Å². The molecule has 1 aromatic heterocycles. The zero-order valence-electron chi connectivity index (χ0n) is 19.4. The van der Waals surface area contributed by atoms with Gasteiger partial charge in [-0.05, 0) is 73.2 Å². The van der Waals surface area contributed by atoms with Crippen LogP contribution in [0.3, 0.4) is 0 Å². The molecule has 3 aromatic rings. The monoisotopic (exact) mass is 480 g/mol. The van der Waals surface area contributed by atoms with Gasteiger partial charge in [-0.25, -0.2) is 4.39 Å². The maximum absolute atomic E-state index is 13.6. The van der Waals surface area contributed by atoms with Crippen molar-refractivity contribution in [2.45, 2.75) is 38.8 Å². The number of rotatable bonds is 8. The van der Waals surface area contributed by atoms with E-state index in [0.717, 1.165) is 17.7 Å². The van der Waals surface area contributed by atoms with Crippen LogP contribution in [0.25, 0.3) is 0 Å². The molecule has 2 atom stereocenters. The van der Waals surface area contributed by atoms with E-state index in [1.165, 1.54) is 29.1 Å². The summed E-state index contributed by atoms with van der Waals surface area (Å²) >= 11 is 1.70. The van der Waals surface area contributed by atoms with E-state index in [9.17, 15) is 14.0 Å². The normalized spacial score (nSPS) is 16.0. The van der Waals surface area contributed by atoms with E-state index in [1.54, 1.807) is 16.2 Å². The van der Waals surface area contributed by atoms with Gasteiger partial charge in [0.2, 0.25) is 5.91 Å². The summed E-state index contributed by atoms with van der Waals surface area (Å²) in [4.78, 5) is 31.5. The van der Waals surface area contributed by atoms with E-state index in [4.69, 9.17) is 4.74 Å². The lowest BCUT2D eigenvalue weighted by molar-refractivity contribution is -0.136. The number of carbonyl (C=O) groups excluding carboxylic acids is 2. The molecule has 0 fully saturated rings. The smallest absolute Gasteiger partial charge is 0.254 e. The third-order valence-electron chi connectivity index (χ3n) is 6.35. The molecule has 34 heavy (non-hydrogen) atoms. The second-order valence-corrected chi connectivity index (χ2v) is 9.47. The van der Waals surface area contributed by atoms with E-state index in [1.807, 2.05) is 49.1 Å². The fourth-order valence-electron chi connectivity index (χ4n) is 4.21. The summed E-state index contributed by atoms with van der Waals surface area (Å²) in [5.74, 6) is -0.0314. The zero-order valence-corrected chi connectivity index (χ0v) is 20.3. The molecule has 0 spiro atoms. The van der Waals surface area contributed by atoms with Gasteiger partial charge in [-0.3, -0.25) is 9.59 Å². The van der Waals surface area contributed by atoms with Crippen molar-refractivity contribution < 1.29 is 18.7 Å². The van der Waals surface area contributed by atoms with Crippen LogP contribution in [0.4, 0.5) is 4.39 Å². The molecule has 2 aromatic carbocycles. The average Bonchev–Trinajstić information content (AvgIpc) is 3.35. The van der Waals surface area contributed by atoms with Gasteiger partial charge in [-0.1, -0.05) is 25.1 Å². The van der Waals surface area contributed by atoms with Gasteiger partial charge in [-0.2, -0.15) is 0 Å². The second-order valence-electron chi connectivity index (χ2n) is 8.47. The van der Waals surface area contributed by atoms with E-state index in [-0.39, 0.29) is 30.4 Å². The number of thiophene rings is 1. The average molecular weight is 481 g/mol. The Bertz CT molecular complexity index is 1120. The van der Waals surface area contributed by atoms with Crippen molar-refractivity contribution >= 4 is 23.2 Å². The highest BCUT2D eigenvalue weighted by atomic mass is 32.1. The molecule has 2 heterocycles. The fourth-order valence-corrected chi connectivity index (χ4v) is 5.14. The van der Waals surface area contributed by atoms with E-state index in [0.29, 0.717) is 25.1 Å². The lowest BCUT2D eigenvalue weighted by Gasteiger charge is -2.38. The number of fused-ring (bicyclic) bond motifs is 1. The molecule has 178 valence electrons. The van der Waals surface area contributed by atoms with E-state index < -0.39 is 5.82 Å². The Kier molecular flexibility index (Phi) is 7.63. The minimum absolute atomic E-state index is 0.0352. The van der Waals surface area contributed by atoms with Crippen LogP contribution in [-0.2, 0) is 11.2 Å². The molecule has 1 aliphatic rings. The molecular weight excluding hydrogens is 451 g/mol. The van der Waals surface area contributed by atoms with Crippen molar-refractivity contribution in [3.05, 3.63) is 87.9 Å². The number of nitrogens with zero attached hydrogens (tertiary/aromatic N) is 2. The van der Waals surface area contributed by atoms with Crippen LogP contribution < -0.4 is 4.74 Å². The predicted octanol–water partition coefficient (Wildman–Crippen LogP) is 5.33. The number of hydrogen-bond donors (Lipinski definition) is 0. The molecule has 7 heteroatoms. The van der Waals surface area contributed by atoms with Gasteiger partial charge >= 0.3 is 0 Å². The zero-order chi connectivity index (χ0) is 24.1. The Balaban J connectivity index is 1.54. The third kappa shape index (κ3) is 5.30. The topological polar surface area (TPSA) is 49.9 Å². The molecule has 0 radical (unpaired) electrons. The van der Waals surface area contributed by atoms with Crippen molar-refractivity contribution in [2.75, 3.05) is 19.7 Å². The van der Waals surface area contributed by atoms with Gasteiger partial charge < -0.3 is 14.5 Å². The lowest BCUT2D eigenvalue weighted by atomic mass is 10.00. The Labute approximate surface area is 203 Å². The summed E-state index contributed by atoms with van der Waals surface area (Å²) in [6.45, 7) is 4.79. The molecule has 0 saturated carbocycles. The SMILES string of the molecule is CC[C@H](C)N(CC(=O)N1CCc2sccc2[C@@H]1COc1ccccc1)C(=O)c1ccc(F)cc1. The number of carbonyl (C=O) groups is 2. The first-order chi connectivity index (χ1) is 16.5. The molecule has 5 nitrogen and oxygen atoms in total.